The Balaban J connectivity index is 1.77. The zero-order chi connectivity index (χ0) is 11.3. The molecular weight excluding hydrogens is 200 g/mol. The monoisotopic (exact) mass is 224 g/mol. The molecule has 0 saturated carbocycles. The molecule has 0 aromatic rings. The van der Waals surface area contributed by atoms with E-state index in [2.05, 4.69) is 40.5 Å². The summed E-state index contributed by atoms with van der Waals surface area (Å²) in [7, 11) is 2.32. The minimum Gasteiger partial charge on any atom is -0.297 e. The maximum atomic E-state index is 2.61. The van der Waals surface area contributed by atoms with E-state index in [1.165, 1.54) is 46.2 Å². The van der Waals surface area contributed by atoms with Gasteiger partial charge < -0.3 is 0 Å². The van der Waals surface area contributed by atoms with Gasteiger partial charge in [0.05, 0.1) is 25.5 Å². The number of hydrogen-bond donors (Lipinski definition) is 0. The van der Waals surface area contributed by atoms with E-state index in [0.29, 0.717) is 5.54 Å². The molecule has 0 aromatic heterocycles. The highest BCUT2D eigenvalue weighted by atomic mass is 15.6. The van der Waals surface area contributed by atoms with Gasteiger partial charge in [0.1, 0.15) is 0 Å². The summed E-state index contributed by atoms with van der Waals surface area (Å²) in [6.45, 7) is 13.2. The zero-order valence-corrected chi connectivity index (χ0v) is 10.8. The lowest BCUT2D eigenvalue weighted by atomic mass is 9.88. The summed E-state index contributed by atoms with van der Waals surface area (Å²) in [4.78, 5) is 10.4. The molecule has 4 nitrogen and oxygen atoms in total. The minimum atomic E-state index is 0.402. The maximum absolute atomic E-state index is 2.61. The third-order valence-electron chi connectivity index (χ3n) is 4.20. The standard InChI is InChI=1S/C12H24N4/c1-11(2)4-13(3)12-5-14-8-15(6-12)10-16(7-12)9-14/h11H,4-10H2,1-3H3. The van der Waals surface area contributed by atoms with Crippen molar-refractivity contribution in [2.24, 2.45) is 5.92 Å². The van der Waals surface area contributed by atoms with Crippen LogP contribution >= 0.6 is 0 Å². The molecule has 92 valence electrons. The minimum absolute atomic E-state index is 0.402. The highest BCUT2D eigenvalue weighted by Crippen LogP contribution is 2.32. The van der Waals surface area contributed by atoms with Crippen molar-refractivity contribution >= 4 is 0 Å². The van der Waals surface area contributed by atoms with Gasteiger partial charge in [-0.3, -0.25) is 19.6 Å². The van der Waals surface area contributed by atoms with Crippen molar-refractivity contribution in [1.82, 2.24) is 19.6 Å². The molecule has 4 aliphatic rings. The lowest BCUT2D eigenvalue weighted by Gasteiger charge is -2.63. The third-order valence-corrected chi connectivity index (χ3v) is 4.20. The molecular formula is C12H24N4. The second-order valence-corrected chi connectivity index (χ2v) is 6.41. The largest absolute Gasteiger partial charge is 0.297 e. The molecule has 0 spiro atoms. The maximum Gasteiger partial charge on any atom is 0.0591 e. The lowest BCUT2D eigenvalue weighted by molar-refractivity contribution is -0.180. The van der Waals surface area contributed by atoms with Gasteiger partial charge in [-0.2, -0.15) is 0 Å². The molecule has 4 fully saturated rings. The molecule has 0 aromatic carbocycles. The molecule has 0 radical (unpaired) electrons. The third kappa shape index (κ3) is 1.68. The van der Waals surface area contributed by atoms with Crippen molar-refractivity contribution in [2.75, 3.05) is 53.2 Å². The van der Waals surface area contributed by atoms with Crippen LogP contribution in [0.4, 0.5) is 0 Å². The Bertz CT molecular complexity index is 241. The average Bonchev–Trinajstić information content (AvgIpc) is 2.13. The van der Waals surface area contributed by atoms with Gasteiger partial charge in [0.2, 0.25) is 0 Å². The fraction of sp³-hybridized carbons (Fsp3) is 1.00. The highest BCUT2D eigenvalue weighted by molar-refractivity contribution is 5.06. The SMILES string of the molecule is CC(C)CN(C)C12CN3CN(CN(C3)C1)C2. The van der Waals surface area contributed by atoms with Crippen molar-refractivity contribution in [2.45, 2.75) is 19.4 Å². The first-order valence-electron chi connectivity index (χ1n) is 6.46. The molecule has 0 unspecified atom stereocenters. The summed E-state index contributed by atoms with van der Waals surface area (Å²) in [5.41, 5.74) is 0.402. The highest BCUT2D eigenvalue weighted by Gasteiger charge is 2.50. The van der Waals surface area contributed by atoms with Crippen LogP contribution in [0.5, 0.6) is 0 Å². The van der Waals surface area contributed by atoms with E-state index in [9.17, 15) is 0 Å². The number of nitrogens with zero attached hydrogens (tertiary/aromatic N) is 4. The van der Waals surface area contributed by atoms with E-state index in [0.717, 1.165) is 5.92 Å². The molecule has 0 amide bonds. The Hall–Kier alpha value is -0.160. The van der Waals surface area contributed by atoms with E-state index in [4.69, 9.17) is 0 Å². The van der Waals surface area contributed by atoms with Crippen molar-refractivity contribution in [1.29, 1.82) is 0 Å². The predicted molar refractivity (Wildman–Crippen MR) is 64.9 cm³/mol. The fourth-order valence-electron chi connectivity index (χ4n) is 3.78. The summed E-state index contributed by atoms with van der Waals surface area (Å²) >= 11 is 0. The number of hydrogen-bond acceptors (Lipinski definition) is 4. The van der Waals surface area contributed by atoms with Crippen molar-refractivity contribution in [3.05, 3.63) is 0 Å². The lowest BCUT2D eigenvalue weighted by Crippen LogP contribution is -2.79. The molecule has 0 aliphatic carbocycles. The molecule has 0 N–H and O–H groups in total. The average molecular weight is 224 g/mol. The van der Waals surface area contributed by atoms with E-state index < -0.39 is 0 Å². The van der Waals surface area contributed by atoms with Crippen LogP contribution in [0.3, 0.4) is 0 Å². The molecule has 4 rings (SSSR count). The zero-order valence-electron chi connectivity index (χ0n) is 10.8. The van der Waals surface area contributed by atoms with Crippen LogP contribution < -0.4 is 0 Å². The first-order valence-corrected chi connectivity index (χ1v) is 6.46. The van der Waals surface area contributed by atoms with Gasteiger partial charge in [-0.05, 0) is 13.0 Å². The molecule has 4 saturated heterocycles. The van der Waals surface area contributed by atoms with Gasteiger partial charge in [0.25, 0.3) is 0 Å². The molecule has 4 heteroatoms. The summed E-state index contributed by atoms with van der Waals surface area (Å²) in [5, 5.41) is 0. The Morgan fingerprint density at radius 3 is 1.81 bits per heavy atom. The Labute approximate surface area is 98.8 Å². The van der Waals surface area contributed by atoms with Crippen LogP contribution in [-0.2, 0) is 0 Å². The molecule has 4 heterocycles. The van der Waals surface area contributed by atoms with Gasteiger partial charge in [-0.25, -0.2) is 0 Å². The van der Waals surface area contributed by atoms with Gasteiger partial charge in [-0.15, -0.1) is 0 Å². The Morgan fingerprint density at radius 1 is 1.00 bits per heavy atom. The van der Waals surface area contributed by atoms with Crippen LogP contribution in [0.25, 0.3) is 0 Å². The van der Waals surface area contributed by atoms with Gasteiger partial charge in [0.15, 0.2) is 0 Å². The number of likely N-dealkylation sites (N-methyl/N-ethyl adjacent to an activating group) is 1. The summed E-state index contributed by atoms with van der Waals surface area (Å²) < 4.78 is 0. The Kier molecular flexibility index (Phi) is 2.51. The van der Waals surface area contributed by atoms with Crippen molar-refractivity contribution < 1.29 is 0 Å². The summed E-state index contributed by atoms with van der Waals surface area (Å²) in [5.74, 6) is 0.762. The quantitative estimate of drug-likeness (QED) is 0.675. The van der Waals surface area contributed by atoms with E-state index >= 15 is 0 Å². The molecule has 4 aliphatic heterocycles. The second kappa shape index (κ2) is 3.67. The molecule has 16 heavy (non-hydrogen) atoms. The van der Waals surface area contributed by atoms with Crippen LogP contribution in [0.2, 0.25) is 0 Å². The number of rotatable bonds is 3. The topological polar surface area (TPSA) is 13.0 Å². The van der Waals surface area contributed by atoms with Gasteiger partial charge in [0, 0.05) is 26.2 Å². The molecule has 0 atom stereocenters. The van der Waals surface area contributed by atoms with Crippen LogP contribution in [0.1, 0.15) is 13.8 Å². The van der Waals surface area contributed by atoms with Crippen molar-refractivity contribution in [3.63, 3.8) is 0 Å². The predicted octanol–water partition coefficient (Wildman–Crippen LogP) is 0.132. The van der Waals surface area contributed by atoms with Gasteiger partial charge in [-0.1, -0.05) is 13.8 Å². The van der Waals surface area contributed by atoms with E-state index in [-0.39, 0.29) is 0 Å². The normalized spacial score (nSPS) is 45.9. The molecule has 4 bridgehead atoms. The first-order chi connectivity index (χ1) is 7.57. The van der Waals surface area contributed by atoms with E-state index in [1.807, 2.05) is 0 Å². The Morgan fingerprint density at radius 2 is 1.44 bits per heavy atom. The van der Waals surface area contributed by atoms with Crippen LogP contribution in [0, 0.1) is 5.92 Å². The van der Waals surface area contributed by atoms with Gasteiger partial charge >= 0.3 is 0 Å². The van der Waals surface area contributed by atoms with Crippen LogP contribution in [0.15, 0.2) is 0 Å². The first kappa shape index (κ1) is 11.0. The van der Waals surface area contributed by atoms with Crippen molar-refractivity contribution in [3.8, 4) is 0 Å². The summed E-state index contributed by atoms with van der Waals surface area (Å²) in [6, 6.07) is 0. The van der Waals surface area contributed by atoms with Crippen LogP contribution in [-0.4, -0.2) is 78.4 Å². The smallest absolute Gasteiger partial charge is 0.0591 e. The fourth-order valence-corrected chi connectivity index (χ4v) is 3.78. The summed E-state index contributed by atoms with van der Waals surface area (Å²) in [6.07, 6.45) is 0. The second-order valence-electron chi connectivity index (χ2n) is 6.41. The van der Waals surface area contributed by atoms with E-state index in [1.54, 1.807) is 0 Å².